The van der Waals surface area contributed by atoms with Crippen LogP contribution < -0.4 is 0 Å². The van der Waals surface area contributed by atoms with E-state index in [4.69, 9.17) is 4.42 Å². The van der Waals surface area contributed by atoms with Gasteiger partial charge in [0.2, 0.25) is 0 Å². The number of furan rings is 1. The third-order valence-electron chi connectivity index (χ3n) is 1.87. The zero-order chi connectivity index (χ0) is 9.26. The monoisotopic (exact) mass is 192 g/mol. The predicted octanol–water partition coefficient (Wildman–Crippen LogP) is 3.13. The van der Waals surface area contributed by atoms with Crippen LogP contribution in [0, 0.1) is 6.92 Å². The van der Waals surface area contributed by atoms with Crippen molar-refractivity contribution in [2.24, 2.45) is 0 Å². The SMILES string of the molecule is Cc1sccc1-c1ccc(C=O)o1. The molecule has 0 aliphatic carbocycles. The number of hydrogen-bond donors (Lipinski definition) is 0. The van der Waals surface area contributed by atoms with Gasteiger partial charge in [-0.05, 0) is 30.5 Å². The molecule has 0 radical (unpaired) electrons. The number of aryl methyl sites for hydroxylation is 1. The highest BCUT2D eigenvalue weighted by Gasteiger charge is 2.07. The maximum atomic E-state index is 10.4. The normalized spacial score (nSPS) is 10.2. The van der Waals surface area contributed by atoms with E-state index >= 15 is 0 Å². The van der Waals surface area contributed by atoms with Crippen LogP contribution in [0.15, 0.2) is 28.0 Å². The Morgan fingerprint density at radius 1 is 1.38 bits per heavy atom. The van der Waals surface area contributed by atoms with Gasteiger partial charge in [-0.15, -0.1) is 11.3 Å². The van der Waals surface area contributed by atoms with E-state index in [9.17, 15) is 4.79 Å². The van der Waals surface area contributed by atoms with Crippen molar-refractivity contribution in [2.75, 3.05) is 0 Å². The quantitative estimate of drug-likeness (QED) is 0.684. The summed E-state index contributed by atoms with van der Waals surface area (Å²) >= 11 is 1.67. The maximum absolute atomic E-state index is 10.4. The van der Waals surface area contributed by atoms with Crippen molar-refractivity contribution in [3.8, 4) is 11.3 Å². The summed E-state index contributed by atoms with van der Waals surface area (Å²) in [6.07, 6.45) is 0.713. The summed E-state index contributed by atoms with van der Waals surface area (Å²) < 4.78 is 5.30. The maximum Gasteiger partial charge on any atom is 0.185 e. The van der Waals surface area contributed by atoms with Crippen LogP contribution in [0.1, 0.15) is 15.4 Å². The Bertz CT molecular complexity index is 426. The molecule has 2 aromatic rings. The molecule has 0 unspecified atom stereocenters. The minimum atomic E-state index is 0.376. The van der Waals surface area contributed by atoms with Gasteiger partial charge in [0.15, 0.2) is 12.0 Å². The molecule has 2 heterocycles. The van der Waals surface area contributed by atoms with E-state index in [1.54, 1.807) is 17.4 Å². The third kappa shape index (κ3) is 1.42. The molecule has 0 aliphatic rings. The standard InChI is InChI=1S/C10H8O2S/c1-7-9(4-5-13-7)10-3-2-8(6-11)12-10/h2-6H,1H3. The highest BCUT2D eigenvalue weighted by Crippen LogP contribution is 2.28. The third-order valence-corrected chi connectivity index (χ3v) is 2.71. The first-order valence-corrected chi connectivity index (χ1v) is 4.78. The van der Waals surface area contributed by atoms with Crippen molar-refractivity contribution in [3.63, 3.8) is 0 Å². The fourth-order valence-electron chi connectivity index (χ4n) is 1.20. The number of aldehydes is 1. The number of rotatable bonds is 2. The van der Waals surface area contributed by atoms with Gasteiger partial charge >= 0.3 is 0 Å². The molecule has 13 heavy (non-hydrogen) atoms. The van der Waals surface area contributed by atoms with Crippen LogP contribution in [0.25, 0.3) is 11.3 Å². The first-order chi connectivity index (χ1) is 6.31. The van der Waals surface area contributed by atoms with Crippen molar-refractivity contribution in [2.45, 2.75) is 6.92 Å². The molecule has 2 aromatic heterocycles. The van der Waals surface area contributed by atoms with Gasteiger partial charge in [-0.3, -0.25) is 4.79 Å². The Labute approximate surface area is 79.8 Å². The Morgan fingerprint density at radius 2 is 2.23 bits per heavy atom. The predicted molar refractivity (Wildman–Crippen MR) is 52.1 cm³/mol. The molecule has 3 heteroatoms. The van der Waals surface area contributed by atoms with Crippen molar-refractivity contribution >= 4 is 17.6 Å². The fourth-order valence-corrected chi connectivity index (χ4v) is 1.91. The van der Waals surface area contributed by atoms with Gasteiger partial charge in [-0.2, -0.15) is 0 Å². The molecule has 2 nitrogen and oxygen atoms in total. The molecule has 0 bridgehead atoms. The zero-order valence-electron chi connectivity index (χ0n) is 7.11. The van der Waals surface area contributed by atoms with Crippen molar-refractivity contribution < 1.29 is 9.21 Å². The minimum absolute atomic E-state index is 0.376. The number of carbonyl (C=O) groups excluding carboxylic acids is 1. The van der Waals surface area contributed by atoms with Gasteiger partial charge in [0.25, 0.3) is 0 Å². The van der Waals surface area contributed by atoms with Crippen LogP contribution in [-0.4, -0.2) is 6.29 Å². The van der Waals surface area contributed by atoms with Gasteiger partial charge in [-0.25, -0.2) is 0 Å². The van der Waals surface area contributed by atoms with Crippen LogP contribution >= 0.6 is 11.3 Å². The van der Waals surface area contributed by atoms with Gasteiger partial charge in [0, 0.05) is 10.4 Å². The second kappa shape index (κ2) is 3.18. The van der Waals surface area contributed by atoms with Gasteiger partial charge in [0.1, 0.15) is 5.76 Å². The van der Waals surface area contributed by atoms with E-state index in [1.165, 1.54) is 4.88 Å². The number of hydrogen-bond acceptors (Lipinski definition) is 3. The summed E-state index contributed by atoms with van der Waals surface area (Å²) in [5.74, 6) is 1.14. The van der Waals surface area contributed by atoms with Crippen LogP contribution in [0.4, 0.5) is 0 Å². The second-order valence-electron chi connectivity index (χ2n) is 2.71. The Hall–Kier alpha value is -1.35. The summed E-state index contributed by atoms with van der Waals surface area (Å²) in [4.78, 5) is 11.6. The Balaban J connectivity index is 2.46. The lowest BCUT2D eigenvalue weighted by molar-refractivity contribution is 0.110. The Kier molecular flexibility index (Phi) is 2.02. The molecule has 2 rings (SSSR count). The van der Waals surface area contributed by atoms with Crippen molar-refractivity contribution in [3.05, 3.63) is 34.2 Å². The highest BCUT2D eigenvalue weighted by atomic mass is 32.1. The number of thiophene rings is 1. The molecule has 66 valence electrons. The average molecular weight is 192 g/mol. The minimum Gasteiger partial charge on any atom is -0.453 e. The largest absolute Gasteiger partial charge is 0.453 e. The molecular formula is C10H8O2S. The lowest BCUT2D eigenvalue weighted by Gasteiger charge is -1.92. The molecule has 0 fully saturated rings. The van der Waals surface area contributed by atoms with Gasteiger partial charge in [-0.1, -0.05) is 0 Å². The topological polar surface area (TPSA) is 30.2 Å². The van der Waals surface area contributed by atoms with E-state index in [0.717, 1.165) is 11.3 Å². The van der Waals surface area contributed by atoms with Crippen LogP contribution in [0.5, 0.6) is 0 Å². The van der Waals surface area contributed by atoms with Crippen molar-refractivity contribution in [1.29, 1.82) is 0 Å². The number of carbonyl (C=O) groups is 1. The summed E-state index contributed by atoms with van der Waals surface area (Å²) in [5, 5.41) is 2.01. The van der Waals surface area contributed by atoms with Gasteiger partial charge in [0.05, 0.1) is 0 Å². The van der Waals surface area contributed by atoms with Crippen LogP contribution in [-0.2, 0) is 0 Å². The lowest BCUT2D eigenvalue weighted by Crippen LogP contribution is -1.71. The van der Waals surface area contributed by atoms with Crippen LogP contribution in [0.2, 0.25) is 0 Å². The molecule has 0 N–H and O–H groups in total. The molecule has 0 spiro atoms. The molecule has 0 atom stereocenters. The Morgan fingerprint density at radius 3 is 2.77 bits per heavy atom. The van der Waals surface area contributed by atoms with E-state index in [-0.39, 0.29) is 0 Å². The average Bonchev–Trinajstić information content (AvgIpc) is 2.71. The summed E-state index contributed by atoms with van der Waals surface area (Å²) in [6.45, 7) is 2.03. The zero-order valence-corrected chi connectivity index (χ0v) is 7.93. The molecule has 0 aromatic carbocycles. The second-order valence-corrected chi connectivity index (χ2v) is 3.83. The fraction of sp³-hybridized carbons (Fsp3) is 0.100. The first kappa shape index (κ1) is 8.26. The summed E-state index contributed by atoms with van der Waals surface area (Å²) in [6, 6.07) is 5.49. The molecule has 0 aliphatic heterocycles. The van der Waals surface area contributed by atoms with E-state index < -0.39 is 0 Å². The van der Waals surface area contributed by atoms with Crippen LogP contribution in [0.3, 0.4) is 0 Å². The summed E-state index contributed by atoms with van der Waals surface area (Å²) in [5.41, 5.74) is 1.07. The highest BCUT2D eigenvalue weighted by molar-refractivity contribution is 7.10. The molecule has 0 amide bonds. The van der Waals surface area contributed by atoms with E-state index in [2.05, 4.69) is 0 Å². The molecule has 0 saturated carbocycles. The van der Waals surface area contributed by atoms with Gasteiger partial charge < -0.3 is 4.42 Å². The molecule has 0 saturated heterocycles. The smallest absolute Gasteiger partial charge is 0.185 e. The lowest BCUT2D eigenvalue weighted by atomic mass is 10.2. The van der Waals surface area contributed by atoms with Crippen molar-refractivity contribution in [1.82, 2.24) is 0 Å². The molecular weight excluding hydrogens is 184 g/mol. The first-order valence-electron chi connectivity index (χ1n) is 3.91. The van der Waals surface area contributed by atoms with E-state index in [1.807, 2.05) is 24.4 Å². The van der Waals surface area contributed by atoms with E-state index in [0.29, 0.717) is 12.0 Å². The summed E-state index contributed by atoms with van der Waals surface area (Å²) in [7, 11) is 0.